The smallest absolute Gasteiger partial charge is 0.0582 e. The molecule has 0 saturated carbocycles. The molecule has 0 unspecified atom stereocenters. The number of rotatable bonds is 4. The molecule has 0 aliphatic rings. The Balaban J connectivity index is 2.44. The second-order valence-electron chi connectivity index (χ2n) is 2.99. The van der Waals surface area contributed by atoms with Crippen LogP contribution in [0, 0.1) is 0 Å². The molecule has 3 heteroatoms. The highest BCUT2D eigenvalue weighted by Crippen LogP contribution is 2.18. The van der Waals surface area contributed by atoms with Gasteiger partial charge in [-0.15, -0.1) is 11.3 Å². The average Bonchev–Trinajstić information content (AvgIpc) is 2.56. The van der Waals surface area contributed by atoms with E-state index in [9.17, 15) is 0 Å². The topological polar surface area (TPSA) is 32.3 Å². The van der Waals surface area contributed by atoms with E-state index in [0.717, 1.165) is 0 Å². The summed E-state index contributed by atoms with van der Waals surface area (Å²) in [6.45, 7) is 4.28. The van der Waals surface area contributed by atoms with Crippen LogP contribution in [0.1, 0.15) is 24.8 Å². The van der Waals surface area contributed by atoms with Crippen LogP contribution in [-0.2, 0) is 0 Å². The highest BCUT2D eigenvalue weighted by atomic mass is 32.1. The van der Waals surface area contributed by atoms with Gasteiger partial charge in [-0.05, 0) is 25.3 Å². The number of nitrogens with one attached hydrogen (secondary N) is 1. The lowest BCUT2D eigenvalue weighted by Crippen LogP contribution is -2.31. The van der Waals surface area contributed by atoms with Crippen molar-refractivity contribution in [3.8, 4) is 0 Å². The standard InChI is InChI=1S/C9H15NOS/c1-7(6-11)10-8(2)9-4-3-5-12-9/h3-5,7-8,10-11H,6H2,1-2H3/t7-,8-/m1/s1. The first-order valence-corrected chi connectivity index (χ1v) is 5.02. The molecular formula is C9H15NOS. The third-order valence-electron chi connectivity index (χ3n) is 1.78. The molecular weight excluding hydrogens is 170 g/mol. The molecule has 0 saturated heterocycles. The highest BCUT2D eigenvalue weighted by Gasteiger charge is 2.08. The van der Waals surface area contributed by atoms with Crippen molar-refractivity contribution >= 4 is 11.3 Å². The fraction of sp³-hybridized carbons (Fsp3) is 0.556. The summed E-state index contributed by atoms with van der Waals surface area (Å²) in [6, 6.07) is 4.66. The molecule has 2 nitrogen and oxygen atoms in total. The quantitative estimate of drug-likeness (QED) is 0.749. The van der Waals surface area contributed by atoms with Gasteiger partial charge in [0.1, 0.15) is 0 Å². The lowest BCUT2D eigenvalue weighted by molar-refractivity contribution is 0.243. The number of thiophene rings is 1. The zero-order valence-electron chi connectivity index (χ0n) is 7.45. The van der Waals surface area contributed by atoms with Gasteiger partial charge in [0.25, 0.3) is 0 Å². The van der Waals surface area contributed by atoms with Gasteiger partial charge in [-0.2, -0.15) is 0 Å². The van der Waals surface area contributed by atoms with Crippen LogP contribution in [0.4, 0.5) is 0 Å². The predicted molar refractivity (Wildman–Crippen MR) is 52.4 cm³/mol. The SMILES string of the molecule is C[C@H](CO)N[C@H](C)c1cccs1. The van der Waals surface area contributed by atoms with Crippen molar-refractivity contribution in [1.29, 1.82) is 0 Å². The van der Waals surface area contributed by atoms with E-state index < -0.39 is 0 Å². The summed E-state index contributed by atoms with van der Waals surface area (Å²) in [5, 5.41) is 14.2. The zero-order chi connectivity index (χ0) is 8.97. The molecule has 0 radical (unpaired) electrons. The van der Waals surface area contributed by atoms with Crippen molar-refractivity contribution in [2.24, 2.45) is 0 Å². The molecule has 2 N–H and O–H groups in total. The molecule has 1 heterocycles. The Kier molecular flexibility index (Phi) is 3.72. The Morgan fingerprint density at radius 2 is 2.33 bits per heavy atom. The van der Waals surface area contributed by atoms with E-state index in [1.54, 1.807) is 11.3 Å². The summed E-state index contributed by atoms with van der Waals surface area (Å²) in [7, 11) is 0. The highest BCUT2D eigenvalue weighted by molar-refractivity contribution is 7.10. The van der Waals surface area contributed by atoms with Crippen LogP contribution < -0.4 is 5.32 Å². The Hall–Kier alpha value is -0.380. The maximum Gasteiger partial charge on any atom is 0.0582 e. The maximum atomic E-state index is 8.82. The van der Waals surface area contributed by atoms with Gasteiger partial charge in [0.15, 0.2) is 0 Å². The van der Waals surface area contributed by atoms with Gasteiger partial charge in [-0.3, -0.25) is 0 Å². The van der Waals surface area contributed by atoms with Crippen molar-refractivity contribution in [3.63, 3.8) is 0 Å². The number of aliphatic hydroxyl groups is 1. The largest absolute Gasteiger partial charge is 0.395 e. The Bertz CT molecular complexity index is 210. The Morgan fingerprint density at radius 3 is 2.83 bits per heavy atom. The van der Waals surface area contributed by atoms with E-state index in [4.69, 9.17) is 5.11 Å². The molecule has 1 aromatic rings. The summed E-state index contributed by atoms with van der Waals surface area (Å²) in [6.07, 6.45) is 0. The third kappa shape index (κ3) is 2.59. The number of aliphatic hydroxyl groups excluding tert-OH is 1. The first-order chi connectivity index (χ1) is 5.74. The summed E-state index contributed by atoms with van der Waals surface area (Å²) >= 11 is 1.74. The minimum Gasteiger partial charge on any atom is -0.395 e. The molecule has 0 amide bonds. The van der Waals surface area contributed by atoms with Gasteiger partial charge in [0.2, 0.25) is 0 Å². The maximum absolute atomic E-state index is 8.82. The van der Waals surface area contributed by atoms with Crippen LogP contribution in [0.5, 0.6) is 0 Å². The zero-order valence-corrected chi connectivity index (χ0v) is 8.27. The fourth-order valence-corrected chi connectivity index (χ4v) is 1.84. The van der Waals surface area contributed by atoms with Crippen LogP contribution >= 0.6 is 11.3 Å². The van der Waals surface area contributed by atoms with Crippen molar-refractivity contribution in [1.82, 2.24) is 5.32 Å². The lowest BCUT2D eigenvalue weighted by Gasteiger charge is -2.16. The van der Waals surface area contributed by atoms with Crippen molar-refractivity contribution in [2.75, 3.05) is 6.61 Å². The van der Waals surface area contributed by atoms with Gasteiger partial charge in [-0.1, -0.05) is 6.07 Å². The van der Waals surface area contributed by atoms with Crippen LogP contribution in [0.15, 0.2) is 17.5 Å². The van der Waals surface area contributed by atoms with Gasteiger partial charge in [-0.25, -0.2) is 0 Å². The van der Waals surface area contributed by atoms with Gasteiger partial charge in [0, 0.05) is 17.0 Å². The minimum atomic E-state index is 0.169. The molecule has 0 aromatic carbocycles. The van der Waals surface area contributed by atoms with Crippen LogP contribution in [0.2, 0.25) is 0 Å². The first-order valence-electron chi connectivity index (χ1n) is 4.14. The van der Waals surface area contributed by atoms with E-state index in [-0.39, 0.29) is 12.6 Å². The first kappa shape index (κ1) is 9.71. The lowest BCUT2D eigenvalue weighted by atomic mass is 10.2. The van der Waals surface area contributed by atoms with E-state index in [0.29, 0.717) is 6.04 Å². The Morgan fingerprint density at radius 1 is 1.58 bits per heavy atom. The predicted octanol–water partition coefficient (Wildman–Crippen LogP) is 1.78. The molecule has 0 spiro atoms. The fourth-order valence-electron chi connectivity index (χ4n) is 1.10. The molecule has 2 atom stereocenters. The van der Waals surface area contributed by atoms with E-state index in [2.05, 4.69) is 23.7 Å². The monoisotopic (exact) mass is 185 g/mol. The van der Waals surface area contributed by atoms with Gasteiger partial charge >= 0.3 is 0 Å². The average molecular weight is 185 g/mol. The Labute approximate surface area is 77.2 Å². The summed E-state index contributed by atoms with van der Waals surface area (Å²) in [5.74, 6) is 0. The number of hydrogen-bond donors (Lipinski definition) is 2. The molecule has 1 aromatic heterocycles. The number of hydrogen-bond acceptors (Lipinski definition) is 3. The second-order valence-corrected chi connectivity index (χ2v) is 3.97. The van der Waals surface area contributed by atoms with Crippen LogP contribution in [0.3, 0.4) is 0 Å². The molecule has 12 heavy (non-hydrogen) atoms. The van der Waals surface area contributed by atoms with Crippen LogP contribution in [0.25, 0.3) is 0 Å². The molecule has 1 rings (SSSR count). The molecule has 0 aliphatic heterocycles. The molecule has 0 fully saturated rings. The van der Waals surface area contributed by atoms with E-state index >= 15 is 0 Å². The van der Waals surface area contributed by atoms with Gasteiger partial charge < -0.3 is 10.4 Å². The van der Waals surface area contributed by atoms with Crippen molar-refractivity contribution in [3.05, 3.63) is 22.4 Å². The normalized spacial score (nSPS) is 15.9. The second kappa shape index (κ2) is 4.60. The van der Waals surface area contributed by atoms with E-state index in [1.165, 1.54) is 4.88 Å². The third-order valence-corrected chi connectivity index (χ3v) is 2.83. The van der Waals surface area contributed by atoms with Gasteiger partial charge in [0.05, 0.1) is 6.61 Å². The summed E-state index contributed by atoms with van der Waals surface area (Å²) in [4.78, 5) is 1.32. The molecule has 0 aliphatic carbocycles. The van der Waals surface area contributed by atoms with Crippen LogP contribution in [-0.4, -0.2) is 17.8 Å². The molecule has 0 bridgehead atoms. The van der Waals surface area contributed by atoms with Crippen molar-refractivity contribution < 1.29 is 5.11 Å². The summed E-state index contributed by atoms with van der Waals surface area (Å²) < 4.78 is 0. The van der Waals surface area contributed by atoms with Crippen molar-refractivity contribution in [2.45, 2.75) is 25.9 Å². The molecule has 68 valence electrons. The minimum absolute atomic E-state index is 0.169. The van der Waals surface area contributed by atoms with E-state index in [1.807, 2.05) is 13.0 Å². The summed E-state index contributed by atoms with van der Waals surface area (Å²) in [5.41, 5.74) is 0.